The summed E-state index contributed by atoms with van der Waals surface area (Å²) in [4.78, 5) is 34.8. The summed E-state index contributed by atoms with van der Waals surface area (Å²) >= 11 is 0. The predicted octanol–water partition coefficient (Wildman–Crippen LogP) is -1.92. The van der Waals surface area contributed by atoms with Gasteiger partial charge in [0, 0.05) is 17.1 Å². The molecule has 9 heteroatoms. The monoisotopic (exact) mass is 263 g/mol. The van der Waals surface area contributed by atoms with Gasteiger partial charge in [-0.3, -0.25) is 9.59 Å². The van der Waals surface area contributed by atoms with Crippen LogP contribution in [0.15, 0.2) is 0 Å². The van der Waals surface area contributed by atoms with Crippen molar-refractivity contribution in [2.75, 3.05) is 0 Å². The summed E-state index contributed by atoms with van der Waals surface area (Å²) in [5, 5.41) is 26.0. The van der Waals surface area contributed by atoms with Crippen LogP contribution in [0.2, 0.25) is 0 Å². The maximum absolute atomic E-state index is 10.5. The van der Waals surface area contributed by atoms with Gasteiger partial charge in [-0.2, -0.15) is 5.90 Å². The summed E-state index contributed by atoms with van der Waals surface area (Å²) < 4.78 is 0. The molecule has 15 heavy (non-hydrogen) atoms. The molecule has 5 N–H and O–H groups in total. The number of aliphatic hydroxyl groups is 1. The number of aliphatic carboxylic acids is 2. The molecule has 0 bridgehead atoms. The van der Waals surface area contributed by atoms with Crippen LogP contribution in [0.5, 0.6) is 0 Å². The maximum Gasteiger partial charge on any atom is 0.336 e. The van der Waals surface area contributed by atoms with E-state index in [9.17, 15) is 19.5 Å². The standard InChI is InChI=1S/C6H9NO7.Fe/c7-14-4(10)2-6(13,5(11)12)1-3(8)9;/h13H,1-2,7H2,(H,8,9)(H,11,12);. The number of carbonyl (C=O) groups excluding carboxylic acids is 1. The predicted molar refractivity (Wildman–Crippen MR) is 39.7 cm³/mol. The molecule has 0 radical (unpaired) electrons. The molecular weight excluding hydrogens is 254 g/mol. The summed E-state index contributed by atoms with van der Waals surface area (Å²) in [5.74, 6) is -0.187. The van der Waals surface area contributed by atoms with Crippen molar-refractivity contribution in [2.45, 2.75) is 18.4 Å². The Labute approximate surface area is 94.4 Å². The molecule has 0 saturated carbocycles. The Morgan fingerprint density at radius 3 is 1.93 bits per heavy atom. The first-order chi connectivity index (χ1) is 6.31. The SMILES string of the molecule is NOC(=O)CC(O)(CC(=O)O)C(=O)O.[Fe]. The summed E-state index contributed by atoms with van der Waals surface area (Å²) in [5.41, 5.74) is -2.69. The van der Waals surface area contributed by atoms with Crippen molar-refractivity contribution >= 4 is 17.9 Å². The van der Waals surface area contributed by atoms with Gasteiger partial charge in [0.05, 0.1) is 12.8 Å². The second kappa shape index (κ2) is 6.35. The molecule has 0 aromatic carbocycles. The first-order valence-corrected chi connectivity index (χ1v) is 3.39. The number of carbonyl (C=O) groups is 3. The Morgan fingerprint density at radius 2 is 1.67 bits per heavy atom. The minimum absolute atomic E-state index is 0. The molecule has 0 fully saturated rings. The van der Waals surface area contributed by atoms with Gasteiger partial charge in [-0.25, -0.2) is 4.79 Å². The van der Waals surface area contributed by atoms with Gasteiger partial charge in [0.15, 0.2) is 5.60 Å². The summed E-state index contributed by atoms with van der Waals surface area (Å²) in [7, 11) is 0. The second-order valence-electron chi connectivity index (χ2n) is 2.57. The molecule has 0 aromatic heterocycles. The van der Waals surface area contributed by atoms with Crippen molar-refractivity contribution in [3.8, 4) is 0 Å². The summed E-state index contributed by atoms with van der Waals surface area (Å²) in [6, 6.07) is 0. The van der Waals surface area contributed by atoms with Gasteiger partial charge in [0.25, 0.3) is 0 Å². The Hall–Kier alpha value is -1.15. The molecule has 8 nitrogen and oxygen atoms in total. The molecular formula is C6H9FeNO7. The zero-order valence-corrected chi connectivity index (χ0v) is 8.42. The van der Waals surface area contributed by atoms with E-state index in [1.165, 1.54) is 0 Å². The van der Waals surface area contributed by atoms with Gasteiger partial charge in [0.2, 0.25) is 0 Å². The minimum atomic E-state index is -2.69. The van der Waals surface area contributed by atoms with Crippen LogP contribution >= 0.6 is 0 Å². The van der Waals surface area contributed by atoms with Crippen LogP contribution in [0.4, 0.5) is 0 Å². The van der Waals surface area contributed by atoms with E-state index in [2.05, 4.69) is 10.7 Å². The van der Waals surface area contributed by atoms with Crippen molar-refractivity contribution in [3.63, 3.8) is 0 Å². The Bertz CT molecular complexity index is 268. The topological polar surface area (TPSA) is 147 Å². The quantitative estimate of drug-likeness (QED) is 0.331. The number of carboxylic acids is 2. The molecule has 1 atom stereocenters. The first kappa shape index (κ1) is 16.3. The van der Waals surface area contributed by atoms with E-state index in [0.717, 1.165) is 0 Å². The van der Waals surface area contributed by atoms with Gasteiger partial charge in [-0.1, -0.05) is 0 Å². The van der Waals surface area contributed by atoms with Gasteiger partial charge in [-0.05, 0) is 0 Å². The third-order valence-corrected chi connectivity index (χ3v) is 1.41. The Morgan fingerprint density at radius 1 is 1.20 bits per heavy atom. The normalized spacial score (nSPS) is 13.2. The van der Waals surface area contributed by atoms with Crippen molar-refractivity contribution < 1.29 is 51.6 Å². The van der Waals surface area contributed by atoms with Crippen LogP contribution in [-0.4, -0.2) is 38.8 Å². The van der Waals surface area contributed by atoms with Gasteiger partial charge in [-0.15, -0.1) is 0 Å². The van der Waals surface area contributed by atoms with Crippen LogP contribution in [0, 0.1) is 0 Å². The first-order valence-electron chi connectivity index (χ1n) is 3.39. The average molecular weight is 263 g/mol. The molecule has 0 heterocycles. The van der Waals surface area contributed by atoms with Gasteiger partial charge < -0.3 is 20.2 Å². The van der Waals surface area contributed by atoms with E-state index < -0.39 is 36.4 Å². The number of carboxylic acid groups (broad SMARTS) is 2. The van der Waals surface area contributed by atoms with E-state index >= 15 is 0 Å². The number of nitrogens with two attached hydrogens (primary N) is 1. The largest absolute Gasteiger partial charge is 0.481 e. The number of rotatable bonds is 5. The van der Waals surface area contributed by atoms with Crippen LogP contribution in [0.3, 0.4) is 0 Å². The molecule has 0 saturated heterocycles. The van der Waals surface area contributed by atoms with Crippen molar-refractivity contribution in [1.82, 2.24) is 0 Å². The van der Waals surface area contributed by atoms with Crippen LogP contribution in [0.1, 0.15) is 12.8 Å². The molecule has 0 aromatic rings. The second-order valence-corrected chi connectivity index (χ2v) is 2.57. The zero-order valence-electron chi connectivity index (χ0n) is 7.32. The molecule has 0 aliphatic heterocycles. The van der Waals surface area contributed by atoms with Crippen LogP contribution in [0.25, 0.3) is 0 Å². The Balaban J connectivity index is 0. The molecule has 1 unspecified atom stereocenters. The van der Waals surface area contributed by atoms with Crippen molar-refractivity contribution in [2.24, 2.45) is 5.90 Å². The third-order valence-electron chi connectivity index (χ3n) is 1.41. The molecule has 0 rings (SSSR count). The van der Waals surface area contributed by atoms with E-state index in [1.807, 2.05) is 0 Å². The van der Waals surface area contributed by atoms with Gasteiger partial charge in [0.1, 0.15) is 0 Å². The average Bonchev–Trinajstić information content (AvgIpc) is 2.02. The van der Waals surface area contributed by atoms with Crippen LogP contribution in [-0.2, 0) is 36.3 Å². The maximum atomic E-state index is 10.5. The van der Waals surface area contributed by atoms with E-state index in [-0.39, 0.29) is 17.1 Å². The van der Waals surface area contributed by atoms with E-state index in [1.54, 1.807) is 0 Å². The van der Waals surface area contributed by atoms with Gasteiger partial charge >= 0.3 is 17.9 Å². The van der Waals surface area contributed by atoms with E-state index in [4.69, 9.17) is 10.2 Å². The van der Waals surface area contributed by atoms with Crippen molar-refractivity contribution in [3.05, 3.63) is 0 Å². The van der Waals surface area contributed by atoms with Crippen molar-refractivity contribution in [1.29, 1.82) is 0 Å². The minimum Gasteiger partial charge on any atom is -0.481 e. The smallest absolute Gasteiger partial charge is 0.336 e. The third kappa shape index (κ3) is 5.33. The fraction of sp³-hybridized carbons (Fsp3) is 0.500. The fourth-order valence-corrected chi connectivity index (χ4v) is 0.744. The van der Waals surface area contributed by atoms with E-state index in [0.29, 0.717) is 0 Å². The summed E-state index contributed by atoms with van der Waals surface area (Å²) in [6.45, 7) is 0. The molecule has 88 valence electrons. The number of hydrogen-bond donors (Lipinski definition) is 4. The molecule has 0 aliphatic rings. The fourth-order valence-electron chi connectivity index (χ4n) is 0.744. The molecule has 0 spiro atoms. The zero-order chi connectivity index (χ0) is 11.4. The molecule has 0 aliphatic carbocycles. The Kier molecular flexibility index (Phi) is 6.90. The molecule has 0 amide bonds. The number of hydrogen-bond acceptors (Lipinski definition) is 6. The van der Waals surface area contributed by atoms with Crippen LogP contribution < -0.4 is 5.90 Å². The summed E-state index contributed by atoms with van der Waals surface area (Å²) in [6.07, 6.45) is -2.14.